The van der Waals surface area contributed by atoms with E-state index in [-0.39, 0.29) is 23.5 Å². The summed E-state index contributed by atoms with van der Waals surface area (Å²) in [7, 11) is 0. The Hall–Kier alpha value is -2.35. The van der Waals surface area contributed by atoms with Gasteiger partial charge in [-0.1, -0.05) is 0 Å². The molecule has 0 aromatic carbocycles. The first-order valence-electron chi connectivity index (χ1n) is 11.6. The molecule has 8 heteroatoms. The highest BCUT2D eigenvalue weighted by Gasteiger charge is 2.50. The van der Waals surface area contributed by atoms with Crippen molar-refractivity contribution in [2.75, 3.05) is 36.5 Å². The van der Waals surface area contributed by atoms with E-state index in [1.807, 2.05) is 13.0 Å². The Kier molecular flexibility index (Phi) is 6.36. The predicted octanol–water partition coefficient (Wildman–Crippen LogP) is 3.08. The van der Waals surface area contributed by atoms with Crippen molar-refractivity contribution in [3.05, 3.63) is 17.8 Å². The number of likely N-dealkylation sites (tertiary alicyclic amines) is 1. The average molecular weight is 431 g/mol. The number of aliphatic hydroxyl groups is 1. The van der Waals surface area contributed by atoms with Gasteiger partial charge in [-0.25, -0.2) is 9.78 Å². The zero-order valence-corrected chi connectivity index (χ0v) is 18.6. The number of ether oxygens (including phenoxy) is 1. The summed E-state index contributed by atoms with van der Waals surface area (Å²) in [6.07, 6.45) is 7.14. The van der Waals surface area contributed by atoms with Crippen LogP contribution in [0, 0.1) is 12.3 Å². The number of hydrogen-bond donors (Lipinski definition) is 2. The van der Waals surface area contributed by atoms with Crippen LogP contribution in [0.3, 0.4) is 0 Å². The van der Waals surface area contributed by atoms with Gasteiger partial charge in [-0.3, -0.25) is 10.1 Å². The Labute approximate surface area is 184 Å². The molecule has 4 rings (SSSR count). The molecule has 0 bridgehead atoms. The molecule has 170 valence electrons. The fourth-order valence-corrected chi connectivity index (χ4v) is 5.51. The molecule has 3 aliphatic rings. The summed E-state index contributed by atoms with van der Waals surface area (Å²) in [4.78, 5) is 34.1. The maximum absolute atomic E-state index is 13.5. The maximum atomic E-state index is 13.5. The van der Waals surface area contributed by atoms with E-state index in [1.54, 1.807) is 13.1 Å². The van der Waals surface area contributed by atoms with Crippen LogP contribution in [0.15, 0.2) is 12.3 Å². The number of aromatic nitrogens is 1. The van der Waals surface area contributed by atoms with Gasteiger partial charge in [0.25, 0.3) is 0 Å². The van der Waals surface area contributed by atoms with Gasteiger partial charge in [0.05, 0.1) is 30.0 Å². The minimum absolute atomic E-state index is 0.205. The number of nitrogens with zero attached hydrogens (tertiary/aromatic N) is 3. The zero-order valence-electron chi connectivity index (χ0n) is 18.6. The summed E-state index contributed by atoms with van der Waals surface area (Å²) >= 11 is 0. The van der Waals surface area contributed by atoms with Crippen LogP contribution < -0.4 is 10.2 Å². The summed E-state index contributed by atoms with van der Waals surface area (Å²) in [5, 5.41) is 12.5. The second-order valence-corrected chi connectivity index (χ2v) is 9.23. The fourth-order valence-electron chi connectivity index (χ4n) is 5.51. The Morgan fingerprint density at radius 2 is 2.06 bits per heavy atom. The molecule has 1 spiro atoms. The van der Waals surface area contributed by atoms with Gasteiger partial charge in [-0.05, 0) is 70.4 Å². The lowest BCUT2D eigenvalue weighted by Crippen LogP contribution is -2.50. The van der Waals surface area contributed by atoms with Gasteiger partial charge in [0.15, 0.2) is 0 Å². The highest BCUT2D eigenvalue weighted by molar-refractivity contribution is 5.86. The van der Waals surface area contributed by atoms with Crippen molar-refractivity contribution in [1.29, 1.82) is 0 Å². The van der Waals surface area contributed by atoms with Crippen LogP contribution in [0.4, 0.5) is 16.3 Å². The topological polar surface area (TPSA) is 95.0 Å². The summed E-state index contributed by atoms with van der Waals surface area (Å²) < 4.78 is 4.93. The van der Waals surface area contributed by atoms with E-state index in [4.69, 9.17) is 4.74 Å². The smallest absolute Gasteiger partial charge is 0.411 e. The van der Waals surface area contributed by atoms with E-state index in [1.165, 1.54) is 0 Å². The third kappa shape index (κ3) is 4.49. The molecule has 0 radical (unpaired) electrons. The van der Waals surface area contributed by atoms with E-state index in [2.05, 4.69) is 20.1 Å². The summed E-state index contributed by atoms with van der Waals surface area (Å²) in [5.74, 6) is 1.16. The molecular formula is C23H34N4O4. The molecule has 2 aliphatic heterocycles. The van der Waals surface area contributed by atoms with Crippen molar-refractivity contribution < 1.29 is 19.4 Å². The van der Waals surface area contributed by atoms with Crippen molar-refractivity contribution in [3.63, 3.8) is 0 Å². The van der Waals surface area contributed by atoms with Gasteiger partial charge in [-0.15, -0.1) is 0 Å². The molecule has 8 nitrogen and oxygen atoms in total. The Morgan fingerprint density at radius 3 is 2.77 bits per heavy atom. The fraction of sp³-hybridized carbons (Fsp3) is 0.696. The number of amides is 2. The largest absolute Gasteiger partial charge is 0.450 e. The molecule has 1 aliphatic carbocycles. The summed E-state index contributed by atoms with van der Waals surface area (Å²) in [6, 6.07) is 2.18. The molecule has 1 aromatic rings. The molecule has 1 saturated carbocycles. The number of aryl methyl sites for hydroxylation is 1. The molecule has 2 N–H and O–H groups in total. The average Bonchev–Trinajstić information content (AvgIpc) is 3.04. The quantitative estimate of drug-likeness (QED) is 0.762. The highest BCUT2D eigenvalue weighted by atomic mass is 16.5. The van der Waals surface area contributed by atoms with Gasteiger partial charge in [0.1, 0.15) is 5.82 Å². The van der Waals surface area contributed by atoms with E-state index in [0.29, 0.717) is 18.8 Å². The predicted molar refractivity (Wildman–Crippen MR) is 118 cm³/mol. The van der Waals surface area contributed by atoms with Crippen LogP contribution in [0.2, 0.25) is 0 Å². The molecule has 1 aromatic heterocycles. The van der Waals surface area contributed by atoms with Crippen molar-refractivity contribution in [3.8, 4) is 0 Å². The Morgan fingerprint density at radius 1 is 1.29 bits per heavy atom. The molecule has 0 unspecified atom stereocenters. The first-order chi connectivity index (χ1) is 14.9. The first kappa shape index (κ1) is 21.9. The van der Waals surface area contributed by atoms with E-state index >= 15 is 0 Å². The summed E-state index contributed by atoms with van der Waals surface area (Å²) in [6.45, 7) is 6.46. The van der Waals surface area contributed by atoms with Crippen molar-refractivity contribution in [1.82, 2.24) is 9.88 Å². The van der Waals surface area contributed by atoms with E-state index in [0.717, 1.165) is 69.4 Å². The Bertz CT molecular complexity index is 824. The van der Waals surface area contributed by atoms with Gasteiger partial charge >= 0.3 is 6.09 Å². The molecule has 3 heterocycles. The van der Waals surface area contributed by atoms with E-state index in [9.17, 15) is 14.7 Å². The minimum Gasteiger partial charge on any atom is -0.450 e. The van der Waals surface area contributed by atoms with Gasteiger partial charge in [0, 0.05) is 25.7 Å². The number of piperidine rings is 1. The lowest BCUT2D eigenvalue weighted by molar-refractivity contribution is -0.139. The minimum atomic E-state index is -0.486. The second-order valence-electron chi connectivity index (χ2n) is 9.23. The normalized spacial score (nSPS) is 28.8. The monoisotopic (exact) mass is 430 g/mol. The van der Waals surface area contributed by atoms with E-state index < -0.39 is 6.09 Å². The van der Waals surface area contributed by atoms with Crippen LogP contribution >= 0.6 is 0 Å². The number of carbonyl (C=O) groups excluding carboxylic acids is 2. The zero-order chi connectivity index (χ0) is 22.0. The van der Waals surface area contributed by atoms with Crippen LogP contribution in [-0.2, 0) is 9.53 Å². The standard InChI is InChI=1S/C23H34N4O4/c1-3-31-22(30)25-17-13-16(2)20(24-14-17)26-11-4-9-23(15-26)10-12-27(21(23)29)18-5-7-19(28)8-6-18/h13-14,18-19,28H,3-12,15H2,1-2H3,(H,25,30)/t18-,19+,23-/m0/s1. The van der Waals surface area contributed by atoms with Gasteiger partial charge < -0.3 is 19.6 Å². The number of pyridine rings is 1. The van der Waals surface area contributed by atoms with Gasteiger partial charge in [-0.2, -0.15) is 0 Å². The summed E-state index contributed by atoms with van der Waals surface area (Å²) in [5.41, 5.74) is 1.24. The number of rotatable bonds is 4. The maximum Gasteiger partial charge on any atom is 0.411 e. The van der Waals surface area contributed by atoms with Crippen LogP contribution in [0.25, 0.3) is 0 Å². The third-order valence-corrected chi connectivity index (χ3v) is 7.10. The number of hydrogen-bond acceptors (Lipinski definition) is 6. The molecule has 31 heavy (non-hydrogen) atoms. The number of nitrogens with one attached hydrogen (secondary N) is 1. The molecule has 1 atom stereocenters. The third-order valence-electron chi connectivity index (χ3n) is 7.10. The SMILES string of the molecule is CCOC(=O)Nc1cnc(N2CCC[C@]3(CCN([C@H]4CC[C@@H](O)CC4)C3=O)C2)c(C)c1. The molecule has 2 saturated heterocycles. The molecule has 3 fully saturated rings. The van der Waals surface area contributed by atoms with Crippen LogP contribution in [-0.4, -0.2) is 65.4 Å². The van der Waals surface area contributed by atoms with Crippen LogP contribution in [0.5, 0.6) is 0 Å². The molecule has 2 amide bonds. The van der Waals surface area contributed by atoms with Crippen LogP contribution in [0.1, 0.15) is 57.4 Å². The van der Waals surface area contributed by atoms with Gasteiger partial charge in [0.2, 0.25) is 5.91 Å². The number of aliphatic hydroxyl groups excluding tert-OH is 1. The van der Waals surface area contributed by atoms with Crippen molar-refractivity contribution in [2.24, 2.45) is 5.41 Å². The first-order valence-corrected chi connectivity index (χ1v) is 11.6. The number of anilines is 2. The highest BCUT2D eigenvalue weighted by Crippen LogP contribution is 2.43. The van der Waals surface area contributed by atoms with Crippen molar-refractivity contribution in [2.45, 2.75) is 70.9 Å². The van der Waals surface area contributed by atoms with Crippen molar-refractivity contribution >= 4 is 23.5 Å². The number of carbonyl (C=O) groups is 2. The lowest BCUT2D eigenvalue weighted by atomic mass is 9.78. The molecular weight excluding hydrogens is 396 g/mol. The Balaban J connectivity index is 1.45. The second kappa shape index (κ2) is 9.02. The lowest BCUT2D eigenvalue weighted by Gasteiger charge is -2.41.